The molecule has 9 heteroatoms. The van der Waals surface area contributed by atoms with Gasteiger partial charge in [0, 0.05) is 18.0 Å². The van der Waals surface area contributed by atoms with Crippen molar-refractivity contribution in [3.63, 3.8) is 0 Å². The zero-order valence-corrected chi connectivity index (χ0v) is 17.6. The van der Waals surface area contributed by atoms with Crippen molar-refractivity contribution in [3.05, 3.63) is 89.9 Å². The largest absolute Gasteiger partial charge is 0.331 e. The fourth-order valence-corrected chi connectivity index (χ4v) is 3.48. The minimum absolute atomic E-state index is 0.219. The monoisotopic (exact) mass is 437 g/mol. The standard InChI is InChI=1S/C24H19N7O2/c1-14-5-2-6-15(13-14)17-8-4-10-19(27-17)22(33)31-24-28-18-9-3-7-16(20(18)29-24)21(32)30-23-25-11-12-26-23/h2-13H,1H3,(H2,25,26,30,32)(H2,28,29,31,33). The molecule has 2 aromatic carbocycles. The maximum atomic E-state index is 12.8. The quantitative estimate of drug-likeness (QED) is 0.328. The molecule has 3 heterocycles. The fourth-order valence-electron chi connectivity index (χ4n) is 3.48. The molecule has 0 fully saturated rings. The van der Waals surface area contributed by atoms with Crippen molar-refractivity contribution >= 4 is 34.7 Å². The summed E-state index contributed by atoms with van der Waals surface area (Å²) in [4.78, 5) is 44.2. The normalized spacial score (nSPS) is 10.8. The molecular formula is C24H19N7O2. The molecule has 9 nitrogen and oxygen atoms in total. The number of H-pyrrole nitrogens is 2. The van der Waals surface area contributed by atoms with E-state index in [1.54, 1.807) is 42.7 Å². The fraction of sp³-hybridized carbons (Fsp3) is 0.0417. The third-order valence-electron chi connectivity index (χ3n) is 5.01. The first-order valence-electron chi connectivity index (χ1n) is 10.2. The number of nitrogens with zero attached hydrogens (tertiary/aromatic N) is 3. The van der Waals surface area contributed by atoms with Crippen LogP contribution in [0.15, 0.2) is 73.1 Å². The molecule has 0 bridgehead atoms. The topological polar surface area (TPSA) is 128 Å². The van der Waals surface area contributed by atoms with Crippen molar-refractivity contribution in [1.82, 2.24) is 24.9 Å². The van der Waals surface area contributed by atoms with Crippen LogP contribution < -0.4 is 10.6 Å². The summed E-state index contributed by atoms with van der Waals surface area (Å²) in [5.74, 6) is -0.228. The van der Waals surface area contributed by atoms with Crippen molar-refractivity contribution in [2.24, 2.45) is 0 Å². The Morgan fingerprint density at radius 1 is 0.879 bits per heavy atom. The number of carbonyl (C=O) groups is 2. The Kier molecular flexibility index (Phi) is 5.12. The van der Waals surface area contributed by atoms with Gasteiger partial charge in [0.1, 0.15) is 11.2 Å². The van der Waals surface area contributed by atoms with Crippen molar-refractivity contribution in [2.75, 3.05) is 10.6 Å². The summed E-state index contributed by atoms with van der Waals surface area (Å²) in [6.07, 6.45) is 3.15. The summed E-state index contributed by atoms with van der Waals surface area (Å²) in [7, 11) is 0. The summed E-state index contributed by atoms with van der Waals surface area (Å²) in [5, 5.41) is 5.41. The van der Waals surface area contributed by atoms with E-state index in [0.717, 1.165) is 11.1 Å². The first-order valence-corrected chi connectivity index (χ1v) is 10.2. The van der Waals surface area contributed by atoms with E-state index >= 15 is 0 Å². The van der Waals surface area contributed by atoms with Crippen LogP contribution in [0.2, 0.25) is 0 Å². The van der Waals surface area contributed by atoms with Gasteiger partial charge in [-0.1, -0.05) is 35.9 Å². The van der Waals surface area contributed by atoms with E-state index in [0.29, 0.717) is 28.2 Å². The van der Waals surface area contributed by atoms with Gasteiger partial charge < -0.3 is 9.97 Å². The number of aromatic nitrogens is 5. The molecule has 0 radical (unpaired) electrons. The summed E-state index contributed by atoms with van der Waals surface area (Å²) in [5.41, 5.74) is 4.38. The van der Waals surface area contributed by atoms with Crippen LogP contribution in [0.1, 0.15) is 26.4 Å². The van der Waals surface area contributed by atoms with Crippen molar-refractivity contribution < 1.29 is 9.59 Å². The summed E-state index contributed by atoms with van der Waals surface area (Å²) in [6, 6.07) is 18.4. The molecule has 0 spiro atoms. The summed E-state index contributed by atoms with van der Waals surface area (Å²) in [6.45, 7) is 2.00. The molecule has 0 unspecified atom stereocenters. The molecule has 0 atom stereocenters. The molecule has 0 saturated carbocycles. The van der Waals surface area contributed by atoms with Crippen LogP contribution in [-0.4, -0.2) is 36.7 Å². The lowest BCUT2D eigenvalue weighted by Crippen LogP contribution is -2.15. The SMILES string of the molecule is Cc1cccc(-c2cccc(C(=O)Nc3nc4c(C(=O)Nc5ncc[nH]5)cccc4[nH]3)n2)c1. The lowest BCUT2D eigenvalue weighted by molar-refractivity contribution is 0.101. The Morgan fingerprint density at radius 3 is 2.52 bits per heavy atom. The van der Waals surface area contributed by atoms with Crippen LogP contribution >= 0.6 is 0 Å². The first kappa shape index (κ1) is 20.1. The number of hydrogen-bond donors (Lipinski definition) is 4. The lowest BCUT2D eigenvalue weighted by atomic mass is 10.1. The van der Waals surface area contributed by atoms with Crippen LogP contribution in [0.25, 0.3) is 22.3 Å². The van der Waals surface area contributed by atoms with Gasteiger partial charge in [-0.05, 0) is 37.3 Å². The van der Waals surface area contributed by atoms with Crippen LogP contribution in [-0.2, 0) is 0 Å². The number of rotatable bonds is 5. The van der Waals surface area contributed by atoms with E-state index in [-0.39, 0.29) is 17.5 Å². The molecule has 162 valence electrons. The highest BCUT2D eigenvalue weighted by molar-refractivity contribution is 6.11. The molecule has 0 aliphatic rings. The second-order valence-corrected chi connectivity index (χ2v) is 7.41. The molecule has 2 amide bonds. The third kappa shape index (κ3) is 4.19. The van der Waals surface area contributed by atoms with E-state index in [2.05, 4.69) is 35.6 Å². The van der Waals surface area contributed by atoms with Crippen molar-refractivity contribution in [2.45, 2.75) is 6.92 Å². The van der Waals surface area contributed by atoms with Gasteiger partial charge >= 0.3 is 0 Å². The zero-order chi connectivity index (χ0) is 22.8. The lowest BCUT2D eigenvalue weighted by Gasteiger charge is -2.05. The van der Waals surface area contributed by atoms with Gasteiger partial charge in [0.25, 0.3) is 11.8 Å². The number of amides is 2. The van der Waals surface area contributed by atoms with Gasteiger partial charge in [-0.2, -0.15) is 0 Å². The van der Waals surface area contributed by atoms with Crippen LogP contribution in [0, 0.1) is 6.92 Å². The van der Waals surface area contributed by atoms with Crippen LogP contribution in [0.3, 0.4) is 0 Å². The van der Waals surface area contributed by atoms with E-state index < -0.39 is 5.91 Å². The number of pyridine rings is 1. The van der Waals surface area contributed by atoms with E-state index in [1.807, 2.05) is 37.3 Å². The Morgan fingerprint density at radius 2 is 1.70 bits per heavy atom. The number of carbonyl (C=O) groups excluding carboxylic acids is 2. The molecule has 33 heavy (non-hydrogen) atoms. The Balaban J connectivity index is 1.39. The number of hydrogen-bond acceptors (Lipinski definition) is 5. The predicted molar refractivity (Wildman–Crippen MR) is 125 cm³/mol. The van der Waals surface area contributed by atoms with Crippen molar-refractivity contribution in [1.29, 1.82) is 0 Å². The first-order chi connectivity index (χ1) is 16.1. The molecule has 0 saturated heterocycles. The van der Waals surface area contributed by atoms with E-state index in [9.17, 15) is 9.59 Å². The number of benzene rings is 2. The molecule has 5 aromatic rings. The molecule has 5 rings (SSSR count). The highest BCUT2D eigenvalue weighted by Crippen LogP contribution is 2.21. The highest BCUT2D eigenvalue weighted by atomic mass is 16.2. The van der Waals surface area contributed by atoms with Gasteiger partial charge in [0.05, 0.1) is 16.8 Å². The minimum atomic E-state index is -0.412. The molecule has 0 aliphatic carbocycles. The highest BCUT2D eigenvalue weighted by Gasteiger charge is 2.17. The minimum Gasteiger partial charge on any atom is -0.331 e. The number of aromatic amines is 2. The van der Waals surface area contributed by atoms with Gasteiger partial charge in [-0.3, -0.25) is 20.2 Å². The van der Waals surface area contributed by atoms with E-state index in [4.69, 9.17) is 0 Å². The molecule has 0 aliphatic heterocycles. The number of anilines is 2. The molecular weight excluding hydrogens is 418 g/mol. The maximum absolute atomic E-state index is 12.8. The van der Waals surface area contributed by atoms with Gasteiger partial charge in [-0.15, -0.1) is 0 Å². The van der Waals surface area contributed by atoms with Crippen LogP contribution in [0.5, 0.6) is 0 Å². The second-order valence-electron chi connectivity index (χ2n) is 7.41. The number of aryl methyl sites for hydroxylation is 1. The summed E-state index contributed by atoms with van der Waals surface area (Å²) < 4.78 is 0. The van der Waals surface area contributed by atoms with Crippen LogP contribution in [0.4, 0.5) is 11.9 Å². The summed E-state index contributed by atoms with van der Waals surface area (Å²) >= 11 is 0. The van der Waals surface area contributed by atoms with Gasteiger partial charge in [0.2, 0.25) is 11.9 Å². The predicted octanol–water partition coefficient (Wildman–Crippen LogP) is 4.16. The third-order valence-corrected chi connectivity index (χ3v) is 5.01. The Bertz CT molecular complexity index is 1470. The van der Waals surface area contributed by atoms with Gasteiger partial charge in [0.15, 0.2) is 0 Å². The van der Waals surface area contributed by atoms with E-state index in [1.165, 1.54) is 0 Å². The van der Waals surface area contributed by atoms with Gasteiger partial charge in [-0.25, -0.2) is 15.0 Å². The average Bonchev–Trinajstić information content (AvgIpc) is 3.48. The average molecular weight is 437 g/mol. The number of imidazole rings is 2. The number of fused-ring (bicyclic) bond motifs is 1. The second kappa shape index (κ2) is 8.39. The Labute approximate surface area is 188 Å². The maximum Gasteiger partial charge on any atom is 0.276 e. The smallest absolute Gasteiger partial charge is 0.276 e. The number of nitrogens with one attached hydrogen (secondary N) is 4. The zero-order valence-electron chi connectivity index (χ0n) is 17.6. The molecule has 4 N–H and O–H groups in total. The number of para-hydroxylation sites is 1. The Hall–Kier alpha value is -4.79. The van der Waals surface area contributed by atoms with Crippen molar-refractivity contribution in [3.8, 4) is 11.3 Å². The molecule has 3 aromatic heterocycles.